The van der Waals surface area contributed by atoms with Gasteiger partial charge in [-0.15, -0.1) is 0 Å². The van der Waals surface area contributed by atoms with Gasteiger partial charge in [-0.3, -0.25) is 0 Å². The number of amides is 1. The Hall–Kier alpha value is -4.46. The van der Waals surface area contributed by atoms with Crippen molar-refractivity contribution >= 4 is 22.2 Å². The summed E-state index contributed by atoms with van der Waals surface area (Å²) in [7, 11) is -4.61. The molecule has 14 heteroatoms. The van der Waals surface area contributed by atoms with Gasteiger partial charge >= 0.3 is 27.7 Å². The molecule has 3 rings (SSSR count). The monoisotopic (exact) mass is 625 g/mol. The van der Waals surface area contributed by atoms with Crippen LogP contribution in [0.5, 0.6) is 23.0 Å². The van der Waals surface area contributed by atoms with Crippen molar-refractivity contribution in [2.75, 3.05) is 7.11 Å². The minimum Gasteiger partial charge on any atom is -0.493 e. The number of alkyl halides is 3. The Morgan fingerprint density at radius 1 is 0.860 bits per heavy atom. The molecule has 0 aromatic heterocycles. The minimum absolute atomic E-state index is 0.00612. The largest absolute Gasteiger partial charge is 0.534 e. The van der Waals surface area contributed by atoms with E-state index in [2.05, 4.69) is 9.50 Å². The number of methoxy groups -OCH3 is 1. The van der Waals surface area contributed by atoms with Crippen LogP contribution in [0.1, 0.15) is 31.9 Å². The molecule has 43 heavy (non-hydrogen) atoms. The summed E-state index contributed by atoms with van der Waals surface area (Å²) in [4.78, 5) is 25.4. The molecule has 0 radical (unpaired) electrons. The van der Waals surface area contributed by atoms with Crippen molar-refractivity contribution in [3.8, 4) is 23.0 Å². The van der Waals surface area contributed by atoms with Gasteiger partial charge in [0.15, 0.2) is 11.5 Å². The number of nitrogens with one attached hydrogen (secondary N) is 1. The van der Waals surface area contributed by atoms with Crippen LogP contribution in [0.2, 0.25) is 0 Å². The molecule has 232 valence electrons. The van der Waals surface area contributed by atoms with Crippen molar-refractivity contribution in [1.29, 1.82) is 0 Å². The fourth-order valence-corrected chi connectivity index (χ4v) is 3.94. The molecular weight excluding hydrogens is 595 g/mol. The van der Waals surface area contributed by atoms with Crippen LogP contribution in [0, 0.1) is 0 Å². The maximum atomic E-state index is 12.9. The first-order valence-electron chi connectivity index (χ1n) is 12.7. The van der Waals surface area contributed by atoms with Crippen LogP contribution in [0.15, 0.2) is 72.8 Å². The molecule has 0 aliphatic rings. The second-order valence-corrected chi connectivity index (χ2v) is 11.6. The molecule has 3 aromatic carbocycles. The highest BCUT2D eigenvalue weighted by atomic mass is 32.2. The van der Waals surface area contributed by atoms with Crippen LogP contribution in [-0.2, 0) is 37.4 Å². The van der Waals surface area contributed by atoms with Crippen LogP contribution in [0.3, 0.4) is 0 Å². The Morgan fingerprint density at radius 3 is 2.07 bits per heavy atom. The second-order valence-electron chi connectivity index (χ2n) is 10.0. The van der Waals surface area contributed by atoms with E-state index in [-0.39, 0.29) is 30.3 Å². The van der Waals surface area contributed by atoms with Crippen molar-refractivity contribution in [2.45, 2.75) is 51.0 Å². The average Bonchev–Trinajstić information content (AvgIpc) is 2.91. The zero-order valence-electron chi connectivity index (χ0n) is 23.6. The maximum Gasteiger partial charge on any atom is 0.534 e. The summed E-state index contributed by atoms with van der Waals surface area (Å²) in [5.41, 5.74) is -5.07. The Morgan fingerprint density at radius 2 is 1.49 bits per heavy atom. The number of carbonyl (C=O) groups excluding carboxylic acids is 2. The number of carbonyl (C=O) groups is 2. The van der Waals surface area contributed by atoms with Gasteiger partial charge in [0, 0.05) is 12.5 Å². The summed E-state index contributed by atoms with van der Waals surface area (Å²) in [6.07, 6.45) is -0.786. The highest BCUT2D eigenvalue weighted by Gasteiger charge is 2.48. The molecule has 0 saturated carbocycles. The summed E-state index contributed by atoms with van der Waals surface area (Å²) in [5, 5.41) is 2.54. The first-order chi connectivity index (χ1) is 20.1. The van der Waals surface area contributed by atoms with E-state index in [9.17, 15) is 31.2 Å². The van der Waals surface area contributed by atoms with E-state index in [0.717, 1.165) is 17.7 Å². The maximum absolute atomic E-state index is 12.9. The molecule has 1 atom stereocenters. The van der Waals surface area contributed by atoms with Gasteiger partial charge in [-0.1, -0.05) is 42.5 Å². The van der Waals surface area contributed by atoms with E-state index in [1.807, 2.05) is 6.07 Å². The average molecular weight is 626 g/mol. The topological polar surface area (TPSA) is 126 Å². The number of hydrogen-bond acceptors (Lipinski definition) is 9. The highest BCUT2D eigenvalue weighted by molar-refractivity contribution is 7.88. The summed E-state index contributed by atoms with van der Waals surface area (Å²) in [5.74, 6) is -1.18. The molecule has 10 nitrogen and oxygen atoms in total. The Kier molecular flexibility index (Phi) is 10.5. The zero-order chi connectivity index (χ0) is 31.8. The third-order valence-corrected chi connectivity index (χ3v) is 6.39. The van der Waals surface area contributed by atoms with Crippen LogP contribution in [-0.4, -0.2) is 44.7 Å². The second kappa shape index (κ2) is 13.7. The number of benzene rings is 3. The Bertz CT molecular complexity index is 1500. The van der Waals surface area contributed by atoms with E-state index in [0.29, 0.717) is 5.56 Å². The number of alkyl carbamates (subject to hydrolysis) is 1. The van der Waals surface area contributed by atoms with Gasteiger partial charge in [-0.25, -0.2) is 9.59 Å². The van der Waals surface area contributed by atoms with Gasteiger partial charge < -0.3 is 28.4 Å². The lowest BCUT2D eigenvalue weighted by atomic mass is 10.1. The molecule has 0 saturated heterocycles. The number of esters is 1. The molecule has 0 aliphatic carbocycles. The Labute approximate surface area is 246 Å². The molecule has 0 fully saturated rings. The first-order valence-corrected chi connectivity index (χ1v) is 14.1. The van der Waals surface area contributed by atoms with Gasteiger partial charge in [0.25, 0.3) is 0 Å². The SMILES string of the molecule is COc1ccc(OS(=O)(=O)C(F)(F)F)cc1Oc1ccc(C[C@H](NC(=O)OC(C)(C)C)C(=O)OCc2ccccc2)cc1. The summed E-state index contributed by atoms with van der Waals surface area (Å²) in [6.45, 7) is 5.04. The summed E-state index contributed by atoms with van der Waals surface area (Å²) < 4.78 is 86.6. The molecular formula is C29H30F3NO9S. The van der Waals surface area contributed by atoms with Crippen molar-refractivity contribution in [1.82, 2.24) is 5.32 Å². The lowest BCUT2D eigenvalue weighted by molar-refractivity contribution is -0.147. The predicted molar refractivity (Wildman–Crippen MR) is 148 cm³/mol. The van der Waals surface area contributed by atoms with Gasteiger partial charge in [0.2, 0.25) is 0 Å². The quantitative estimate of drug-likeness (QED) is 0.158. The van der Waals surface area contributed by atoms with E-state index < -0.39 is 45.1 Å². The third-order valence-electron chi connectivity index (χ3n) is 5.41. The minimum atomic E-state index is -5.90. The third kappa shape index (κ3) is 10.1. The van der Waals surface area contributed by atoms with E-state index in [1.165, 1.54) is 25.3 Å². The van der Waals surface area contributed by atoms with Gasteiger partial charge in [-0.2, -0.15) is 21.6 Å². The van der Waals surface area contributed by atoms with Crippen LogP contribution < -0.4 is 19.0 Å². The normalized spacial score (nSPS) is 12.5. The molecule has 0 spiro atoms. The van der Waals surface area contributed by atoms with Gasteiger partial charge in [0.05, 0.1) is 7.11 Å². The predicted octanol–water partition coefficient (Wildman–Crippen LogP) is 5.90. The van der Waals surface area contributed by atoms with Crippen molar-refractivity contribution < 1.29 is 54.3 Å². The zero-order valence-corrected chi connectivity index (χ0v) is 24.5. The fourth-order valence-electron chi connectivity index (χ4n) is 3.49. The number of hydrogen-bond donors (Lipinski definition) is 1. The van der Waals surface area contributed by atoms with E-state index >= 15 is 0 Å². The first kappa shape index (κ1) is 33.0. The standard InChI is InChI=1S/C29H30F3NO9S/c1-28(2,3)41-27(35)33-23(26(34)39-18-20-8-6-5-7-9-20)16-19-10-12-21(13-11-19)40-25-17-22(14-15-24(25)38-4)42-43(36,37)29(30,31)32/h5-15,17,23H,16,18H2,1-4H3,(H,33,35)/t23-/m0/s1. The summed E-state index contributed by atoms with van der Waals surface area (Å²) in [6, 6.07) is 17.1. The Balaban J connectivity index is 1.75. The van der Waals surface area contributed by atoms with Crippen molar-refractivity contribution in [3.63, 3.8) is 0 Å². The number of rotatable bonds is 11. The van der Waals surface area contributed by atoms with Crippen LogP contribution >= 0.6 is 0 Å². The number of halogens is 3. The molecule has 0 heterocycles. The highest BCUT2D eigenvalue weighted by Crippen LogP contribution is 2.37. The fraction of sp³-hybridized carbons (Fsp3) is 0.310. The lowest BCUT2D eigenvalue weighted by Gasteiger charge is -2.23. The van der Waals surface area contributed by atoms with E-state index in [4.69, 9.17) is 18.9 Å². The van der Waals surface area contributed by atoms with Crippen LogP contribution in [0.4, 0.5) is 18.0 Å². The van der Waals surface area contributed by atoms with Crippen molar-refractivity contribution in [3.05, 3.63) is 83.9 Å². The lowest BCUT2D eigenvalue weighted by Crippen LogP contribution is -2.45. The van der Waals surface area contributed by atoms with Gasteiger partial charge in [0.1, 0.15) is 29.7 Å². The molecule has 1 amide bonds. The summed E-state index contributed by atoms with van der Waals surface area (Å²) >= 11 is 0. The molecule has 0 bridgehead atoms. The smallest absolute Gasteiger partial charge is 0.493 e. The molecule has 0 aliphatic heterocycles. The molecule has 3 aromatic rings. The molecule has 0 unspecified atom stereocenters. The van der Waals surface area contributed by atoms with E-state index in [1.54, 1.807) is 57.2 Å². The van der Waals surface area contributed by atoms with Gasteiger partial charge in [-0.05, 0) is 56.2 Å². The number of ether oxygens (including phenoxy) is 4. The van der Waals surface area contributed by atoms with Crippen LogP contribution in [0.25, 0.3) is 0 Å². The van der Waals surface area contributed by atoms with Crippen molar-refractivity contribution in [2.24, 2.45) is 0 Å². The molecule has 1 N–H and O–H groups in total.